The van der Waals surface area contributed by atoms with Crippen LogP contribution in [0, 0.1) is 0 Å². The van der Waals surface area contributed by atoms with Gasteiger partial charge < -0.3 is 15.2 Å². The summed E-state index contributed by atoms with van der Waals surface area (Å²) in [5.74, 6) is 0.638. The highest BCUT2D eigenvalue weighted by molar-refractivity contribution is 6.32. The topological polar surface area (TPSA) is 41.5 Å². The molecule has 2 N–H and O–H groups in total. The van der Waals surface area contributed by atoms with E-state index in [1.165, 1.54) is 0 Å². The number of para-hydroxylation sites is 1. The van der Waals surface area contributed by atoms with E-state index in [4.69, 9.17) is 16.3 Å². The summed E-state index contributed by atoms with van der Waals surface area (Å²) in [5.41, 5.74) is 2.84. The summed E-state index contributed by atoms with van der Waals surface area (Å²) in [4.78, 5) is 0. The van der Waals surface area contributed by atoms with Crippen LogP contribution in [0.4, 0.5) is 5.69 Å². The van der Waals surface area contributed by atoms with Gasteiger partial charge in [-0.3, -0.25) is 0 Å². The van der Waals surface area contributed by atoms with E-state index in [-0.39, 0.29) is 12.6 Å². The Balaban J connectivity index is 2.23. The van der Waals surface area contributed by atoms with Crippen molar-refractivity contribution in [2.45, 2.75) is 19.6 Å². The third-order valence-corrected chi connectivity index (χ3v) is 3.47. The van der Waals surface area contributed by atoms with E-state index in [2.05, 4.69) is 12.2 Å². The normalized spacial score (nSPS) is 12.0. The van der Waals surface area contributed by atoms with Crippen LogP contribution in [-0.4, -0.2) is 12.2 Å². The molecule has 2 aromatic carbocycles. The Bertz CT molecular complexity index is 586. The molecule has 0 heterocycles. The fourth-order valence-corrected chi connectivity index (χ4v) is 2.36. The SMILES string of the molecule is COc1c(Cl)cccc1NC(C)c1cccc(CO)c1. The maximum absolute atomic E-state index is 9.19. The first kappa shape index (κ1) is 14.7. The molecule has 0 spiro atoms. The maximum Gasteiger partial charge on any atom is 0.160 e. The van der Waals surface area contributed by atoms with Crippen LogP contribution >= 0.6 is 11.6 Å². The lowest BCUT2D eigenvalue weighted by Gasteiger charge is -2.19. The summed E-state index contributed by atoms with van der Waals surface area (Å²) in [6, 6.07) is 13.5. The molecule has 0 aromatic heterocycles. The molecule has 0 aliphatic heterocycles. The molecule has 2 aromatic rings. The number of halogens is 1. The average Bonchev–Trinajstić information content (AvgIpc) is 2.47. The molecule has 0 saturated carbocycles. The van der Waals surface area contributed by atoms with Crippen LogP contribution in [0.2, 0.25) is 5.02 Å². The lowest BCUT2D eigenvalue weighted by Crippen LogP contribution is -2.08. The highest BCUT2D eigenvalue weighted by Gasteiger charge is 2.11. The third-order valence-electron chi connectivity index (χ3n) is 3.18. The van der Waals surface area contributed by atoms with Gasteiger partial charge in [-0.25, -0.2) is 0 Å². The van der Waals surface area contributed by atoms with E-state index in [1.807, 2.05) is 36.4 Å². The number of methoxy groups -OCH3 is 1. The molecule has 3 nitrogen and oxygen atoms in total. The van der Waals surface area contributed by atoms with Crippen LogP contribution in [0.1, 0.15) is 24.1 Å². The number of nitrogens with one attached hydrogen (secondary N) is 1. The first-order valence-electron chi connectivity index (χ1n) is 6.44. The summed E-state index contributed by atoms with van der Waals surface area (Å²) in [7, 11) is 1.60. The molecule has 106 valence electrons. The minimum atomic E-state index is 0.0427. The number of aliphatic hydroxyl groups is 1. The molecule has 0 aliphatic carbocycles. The second-order valence-corrected chi connectivity index (χ2v) is 5.00. The standard InChI is InChI=1S/C16H18ClNO2/c1-11(13-6-3-5-12(9-13)10-19)18-15-8-4-7-14(17)16(15)20-2/h3-9,11,18-19H,10H2,1-2H3. The van der Waals surface area contributed by atoms with Crippen molar-refractivity contribution in [3.05, 3.63) is 58.6 Å². The molecule has 0 radical (unpaired) electrons. The van der Waals surface area contributed by atoms with E-state index in [0.717, 1.165) is 16.8 Å². The molecular weight excluding hydrogens is 274 g/mol. The van der Waals surface area contributed by atoms with Crippen LogP contribution in [0.5, 0.6) is 5.75 Å². The van der Waals surface area contributed by atoms with Gasteiger partial charge in [0.25, 0.3) is 0 Å². The number of benzene rings is 2. The minimum Gasteiger partial charge on any atom is -0.493 e. The fraction of sp³-hybridized carbons (Fsp3) is 0.250. The van der Waals surface area contributed by atoms with Gasteiger partial charge in [-0.15, -0.1) is 0 Å². The monoisotopic (exact) mass is 291 g/mol. The molecule has 1 atom stereocenters. The smallest absolute Gasteiger partial charge is 0.160 e. The second kappa shape index (κ2) is 6.64. The molecule has 2 rings (SSSR count). The Kier molecular flexibility index (Phi) is 4.88. The first-order valence-corrected chi connectivity index (χ1v) is 6.82. The van der Waals surface area contributed by atoms with Crippen molar-refractivity contribution in [3.63, 3.8) is 0 Å². The number of hydrogen-bond acceptors (Lipinski definition) is 3. The van der Waals surface area contributed by atoms with Gasteiger partial charge in [-0.1, -0.05) is 41.9 Å². The van der Waals surface area contributed by atoms with Crippen molar-refractivity contribution in [2.75, 3.05) is 12.4 Å². The van der Waals surface area contributed by atoms with Crippen molar-refractivity contribution in [1.29, 1.82) is 0 Å². The van der Waals surface area contributed by atoms with Crippen molar-refractivity contribution in [3.8, 4) is 5.75 Å². The summed E-state index contributed by atoms with van der Waals surface area (Å²) in [5, 5.41) is 13.2. The van der Waals surface area contributed by atoms with Gasteiger partial charge in [0.2, 0.25) is 0 Å². The molecule has 0 amide bonds. The number of ether oxygens (including phenoxy) is 1. The molecule has 20 heavy (non-hydrogen) atoms. The van der Waals surface area contributed by atoms with Crippen molar-refractivity contribution >= 4 is 17.3 Å². The van der Waals surface area contributed by atoms with Crippen molar-refractivity contribution in [1.82, 2.24) is 0 Å². The molecule has 0 bridgehead atoms. The summed E-state index contributed by atoms with van der Waals surface area (Å²) in [6.07, 6.45) is 0. The van der Waals surface area contributed by atoms with E-state index < -0.39 is 0 Å². The third kappa shape index (κ3) is 3.24. The number of hydrogen-bond donors (Lipinski definition) is 2. The van der Waals surface area contributed by atoms with Crippen LogP contribution in [0.15, 0.2) is 42.5 Å². The first-order chi connectivity index (χ1) is 9.65. The van der Waals surface area contributed by atoms with Crippen LogP contribution in [-0.2, 0) is 6.61 Å². The second-order valence-electron chi connectivity index (χ2n) is 4.59. The Morgan fingerprint density at radius 2 is 2.00 bits per heavy atom. The predicted octanol–water partition coefficient (Wildman–Crippen LogP) is 4.01. The van der Waals surface area contributed by atoms with E-state index in [9.17, 15) is 5.11 Å². The summed E-state index contributed by atoms with van der Waals surface area (Å²) < 4.78 is 5.32. The molecule has 4 heteroatoms. The zero-order chi connectivity index (χ0) is 14.5. The lowest BCUT2D eigenvalue weighted by molar-refractivity contribution is 0.281. The highest BCUT2D eigenvalue weighted by Crippen LogP contribution is 2.34. The molecule has 0 fully saturated rings. The van der Waals surface area contributed by atoms with Crippen molar-refractivity contribution in [2.24, 2.45) is 0 Å². The van der Waals surface area contributed by atoms with Gasteiger partial charge >= 0.3 is 0 Å². The number of rotatable bonds is 5. The van der Waals surface area contributed by atoms with Crippen LogP contribution in [0.25, 0.3) is 0 Å². The molecule has 0 aliphatic rings. The largest absolute Gasteiger partial charge is 0.493 e. The van der Waals surface area contributed by atoms with Gasteiger partial charge in [0, 0.05) is 6.04 Å². The Labute approximate surface area is 124 Å². The lowest BCUT2D eigenvalue weighted by atomic mass is 10.1. The van der Waals surface area contributed by atoms with Gasteiger partial charge in [0.05, 0.1) is 24.4 Å². The van der Waals surface area contributed by atoms with Crippen LogP contribution < -0.4 is 10.1 Å². The predicted molar refractivity (Wildman–Crippen MR) is 82.4 cm³/mol. The Hall–Kier alpha value is -1.71. The zero-order valence-corrected chi connectivity index (χ0v) is 12.3. The summed E-state index contributed by atoms with van der Waals surface area (Å²) in [6.45, 7) is 2.10. The quantitative estimate of drug-likeness (QED) is 0.874. The van der Waals surface area contributed by atoms with E-state index in [1.54, 1.807) is 13.2 Å². The fourth-order valence-electron chi connectivity index (χ4n) is 2.11. The van der Waals surface area contributed by atoms with Gasteiger partial charge in [-0.05, 0) is 30.2 Å². The minimum absolute atomic E-state index is 0.0427. The molecular formula is C16H18ClNO2. The van der Waals surface area contributed by atoms with Gasteiger partial charge in [-0.2, -0.15) is 0 Å². The highest BCUT2D eigenvalue weighted by atomic mass is 35.5. The summed E-state index contributed by atoms with van der Waals surface area (Å²) >= 11 is 6.11. The maximum atomic E-state index is 9.19. The van der Waals surface area contributed by atoms with Crippen molar-refractivity contribution < 1.29 is 9.84 Å². The van der Waals surface area contributed by atoms with Crippen LogP contribution in [0.3, 0.4) is 0 Å². The van der Waals surface area contributed by atoms with Gasteiger partial charge in [0.15, 0.2) is 5.75 Å². The van der Waals surface area contributed by atoms with Gasteiger partial charge in [0.1, 0.15) is 0 Å². The number of aliphatic hydroxyl groups excluding tert-OH is 1. The number of anilines is 1. The van der Waals surface area contributed by atoms with E-state index in [0.29, 0.717) is 10.8 Å². The zero-order valence-electron chi connectivity index (χ0n) is 11.6. The molecule has 0 saturated heterocycles. The average molecular weight is 292 g/mol. The Morgan fingerprint density at radius 1 is 1.25 bits per heavy atom. The van der Waals surface area contributed by atoms with E-state index >= 15 is 0 Å². The Morgan fingerprint density at radius 3 is 2.70 bits per heavy atom. The molecule has 1 unspecified atom stereocenters.